The molecular weight excluding hydrogens is 328 g/mol. The largest absolute Gasteiger partial charge is 0.337 e. The number of fused-ring (bicyclic) bond motifs is 1. The van der Waals surface area contributed by atoms with Crippen molar-refractivity contribution >= 4 is 17.1 Å². The lowest BCUT2D eigenvalue weighted by molar-refractivity contribution is 0.220. The van der Waals surface area contributed by atoms with Crippen LogP contribution in [0.25, 0.3) is 11.0 Å². The van der Waals surface area contributed by atoms with Gasteiger partial charge in [0.25, 0.3) is 0 Å². The number of hydrogen-bond donors (Lipinski definition) is 1. The smallest absolute Gasteiger partial charge is 0.337 e. The predicted octanol–water partition coefficient (Wildman–Crippen LogP) is 2.28. The first-order valence-corrected chi connectivity index (χ1v) is 9.79. The van der Waals surface area contributed by atoms with Crippen molar-refractivity contribution < 1.29 is 4.79 Å². The maximum absolute atomic E-state index is 12.9. The van der Waals surface area contributed by atoms with E-state index in [0.717, 1.165) is 11.4 Å². The second kappa shape index (κ2) is 5.71. The van der Waals surface area contributed by atoms with Crippen molar-refractivity contribution in [1.29, 1.82) is 0 Å². The first-order chi connectivity index (χ1) is 12.5. The van der Waals surface area contributed by atoms with E-state index in [1.54, 1.807) is 4.57 Å². The van der Waals surface area contributed by atoms with Gasteiger partial charge in [-0.25, -0.2) is 14.2 Å². The van der Waals surface area contributed by atoms with Gasteiger partial charge in [-0.2, -0.15) is 0 Å². The summed E-state index contributed by atoms with van der Waals surface area (Å²) in [7, 11) is 0. The Morgan fingerprint density at radius 3 is 2.69 bits per heavy atom. The Balaban J connectivity index is 1.41. The SMILES string of the molecule is CC(C)n1c(=O)n(C(=O)NCC2C3CC4CC2N(C4)C3)c2ccccc21. The molecule has 2 aromatic rings. The van der Waals surface area contributed by atoms with Crippen molar-refractivity contribution in [2.24, 2.45) is 17.8 Å². The summed E-state index contributed by atoms with van der Waals surface area (Å²) in [6.07, 6.45) is 2.59. The van der Waals surface area contributed by atoms with E-state index >= 15 is 0 Å². The summed E-state index contributed by atoms with van der Waals surface area (Å²) in [5, 5.41) is 3.08. The highest BCUT2D eigenvalue weighted by molar-refractivity contribution is 5.89. The third kappa shape index (κ3) is 2.21. The minimum Gasteiger partial charge on any atom is -0.337 e. The van der Waals surface area contributed by atoms with Crippen LogP contribution in [0.4, 0.5) is 4.79 Å². The van der Waals surface area contributed by atoms with E-state index < -0.39 is 0 Å². The van der Waals surface area contributed by atoms with E-state index in [4.69, 9.17) is 0 Å². The van der Waals surface area contributed by atoms with E-state index in [2.05, 4.69) is 10.2 Å². The van der Waals surface area contributed by atoms with E-state index in [9.17, 15) is 9.59 Å². The van der Waals surface area contributed by atoms with Gasteiger partial charge in [0.05, 0.1) is 11.0 Å². The van der Waals surface area contributed by atoms with E-state index in [0.29, 0.717) is 29.9 Å². The molecule has 0 spiro atoms. The zero-order chi connectivity index (χ0) is 18.0. The Labute approximate surface area is 152 Å². The summed E-state index contributed by atoms with van der Waals surface area (Å²) >= 11 is 0. The lowest BCUT2D eigenvalue weighted by Crippen LogP contribution is -2.42. The van der Waals surface area contributed by atoms with E-state index in [1.165, 1.54) is 30.5 Å². The average Bonchev–Trinajstić information content (AvgIpc) is 3.15. The molecule has 1 saturated carbocycles. The Kier molecular flexibility index (Phi) is 3.54. The monoisotopic (exact) mass is 354 g/mol. The fourth-order valence-electron chi connectivity index (χ4n) is 5.74. The standard InChI is InChI=1S/C20H26N4O2/c1-12(2)23-16-5-3-4-6-17(16)24(20(23)26)19(25)21-9-15-14-7-13-8-18(15)22(10-13)11-14/h3-6,12-15,18H,7-11H2,1-2H3,(H,21,25). The average molecular weight is 354 g/mol. The van der Waals surface area contributed by atoms with Gasteiger partial charge in [0.15, 0.2) is 0 Å². The van der Waals surface area contributed by atoms with Crippen molar-refractivity contribution in [3.8, 4) is 0 Å². The Morgan fingerprint density at radius 2 is 1.96 bits per heavy atom. The summed E-state index contributed by atoms with van der Waals surface area (Å²) in [6, 6.07) is 7.88. The molecule has 5 atom stereocenters. The van der Waals surface area contributed by atoms with Crippen LogP contribution in [0.2, 0.25) is 0 Å². The van der Waals surface area contributed by atoms with Gasteiger partial charge in [0.1, 0.15) is 0 Å². The lowest BCUT2D eigenvalue weighted by Gasteiger charge is -2.30. The van der Waals surface area contributed by atoms with Gasteiger partial charge in [0, 0.05) is 31.7 Å². The molecule has 26 heavy (non-hydrogen) atoms. The summed E-state index contributed by atoms with van der Waals surface area (Å²) in [6.45, 7) is 7.04. The quantitative estimate of drug-likeness (QED) is 0.920. The molecule has 1 aromatic carbocycles. The number of amides is 1. The third-order valence-corrected chi connectivity index (χ3v) is 6.73. The van der Waals surface area contributed by atoms with Crippen molar-refractivity contribution in [2.75, 3.05) is 19.6 Å². The zero-order valence-corrected chi connectivity index (χ0v) is 15.4. The number of para-hydroxylation sites is 2. The van der Waals surface area contributed by atoms with Gasteiger partial charge >= 0.3 is 11.7 Å². The van der Waals surface area contributed by atoms with Crippen molar-refractivity contribution in [3.05, 3.63) is 34.7 Å². The normalized spacial score (nSPS) is 32.0. The highest BCUT2D eigenvalue weighted by atomic mass is 16.2. The molecule has 138 valence electrons. The maximum atomic E-state index is 12.9. The van der Waals surface area contributed by atoms with Crippen LogP contribution in [0.1, 0.15) is 32.7 Å². The van der Waals surface area contributed by atoms with Crippen LogP contribution in [0.5, 0.6) is 0 Å². The summed E-state index contributed by atoms with van der Waals surface area (Å²) in [5.74, 6) is 2.12. The number of carbonyl (C=O) groups is 1. The van der Waals surface area contributed by atoms with E-state index in [-0.39, 0.29) is 17.8 Å². The molecule has 4 heterocycles. The number of rotatable bonds is 3. The molecule has 6 nitrogen and oxygen atoms in total. The molecular formula is C20H26N4O2. The molecule has 5 unspecified atom stereocenters. The van der Waals surface area contributed by atoms with Gasteiger partial charge < -0.3 is 5.32 Å². The highest BCUT2D eigenvalue weighted by Crippen LogP contribution is 2.48. The first-order valence-electron chi connectivity index (χ1n) is 9.79. The topological polar surface area (TPSA) is 59.3 Å². The number of piperidine rings is 1. The third-order valence-electron chi connectivity index (χ3n) is 6.73. The second-order valence-corrected chi connectivity index (χ2v) is 8.54. The molecule has 0 radical (unpaired) electrons. The molecule has 4 fully saturated rings. The van der Waals surface area contributed by atoms with Gasteiger partial charge in [-0.1, -0.05) is 12.1 Å². The minimum atomic E-state index is -0.294. The number of imidazole rings is 1. The van der Waals surface area contributed by atoms with E-state index in [1.807, 2.05) is 38.1 Å². The molecule has 3 aliphatic heterocycles. The molecule has 6 rings (SSSR count). The van der Waals surface area contributed by atoms with Gasteiger partial charge in [0.2, 0.25) is 0 Å². The maximum Gasteiger partial charge on any atom is 0.337 e. The fourth-order valence-corrected chi connectivity index (χ4v) is 5.74. The number of nitrogens with zero attached hydrogens (tertiary/aromatic N) is 3. The fraction of sp³-hybridized carbons (Fsp3) is 0.600. The minimum absolute atomic E-state index is 0.00948. The number of benzene rings is 1. The van der Waals surface area contributed by atoms with Crippen LogP contribution in [0, 0.1) is 17.8 Å². The number of carbonyl (C=O) groups excluding carboxylic acids is 1. The molecule has 6 heteroatoms. The van der Waals surface area contributed by atoms with Crippen LogP contribution >= 0.6 is 0 Å². The Morgan fingerprint density at radius 1 is 1.19 bits per heavy atom. The molecule has 1 aromatic heterocycles. The van der Waals surface area contributed by atoms with Crippen LogP contribution in [0.15, 0.2) is 29.1 Å². The lowest BCUT2D eigenvalue weighted by atomic mass is 9.75. The van der Waals surface area contributed by atoms with Crippen molar-refractivity contribution in [2.45, 2.75) is 38.8 Å². The molecule has 1 amide bonds. The molecule has 3 saturated heterocycles. The molecule has 4 aliphatic rings. The second-order valence-electron chi connectivity index (χ2n) is 8.54. The molecule has 1 N–H and O–H groups in total. The van der Waals surface area contributed by atoms with Gasteiger partial charge in [-0.15, -0.1) is 0 Å². The van der Waals surface area contributed by atoms with Crippen LogP contribution in [-0.4, -0.2) is 45.7 Å². The molecule has 4 bridgehead atoms. The Hall–Kier alpha value is -2.08. The van der Waals surface area contributed by atoms with Crippen LogP contribution in [0.3, 0.4) is 0 Å². The zero-order valence-electron chi connectivity index (χ0n) is 15.4. The predicted molar refractivity (Wildman–Crippen MR) is 100 cm³/mol. The number of hydrogen-bond acceptors (Lipinski definition) is 3. The number of nitrogens with one attached hydrogen (secondary N) is 1. The first kappa shape index (κ1) is 16.1. The van der Waals surface area contributed by atoms with Gasteiger partial charge in [-0.3, -0.25) is 9.47 Å². The van der Waals surface area contributed by atoms with Crippen molar-refractivity contribution in [1.82, 2.24) is 19.4 Å². The molecule has 1 aliphatic carbocycles. The number of aromatic nitrogens is 2. The van der Waals surface area contributed by atoms with Crippen molar-refractivity contribution in [3.63, 3.8) is 0 Å². The van der Waals surface area contributed by atoms with Crippen LogP contribution in [-0.2, 0) is 0 Å². The van der Waals surface area contributed by atoms with Crippen LogP contribution < -0.4 is 11.0 Å². The Bertz CT molecular complexity index is 924. The summed E-state index contributed by atoms with van der Waals surface area (Å²) in [5.41, 5.74) is 1.24. The summed E-state index contributed by atoms with van der Waals surface area (Å²) in [4.78, 5) is 28.4. The summed E-state index contributed by atoms with van der Waals surface area (Å²) < 4.78 is 3.00. The highest BCUT2D eigenvalue weighted by Gasteiger charge is 2.52. The van der Waals surface area contributed by atoms with Gasteiger partial charge in [-0.05, 0) is 56.6 Å².